The van der Waals surface area contributed by atoms with E-state index in [1.54, 1.807) is 20.1 Å². The Kier molecular flexibility index (Phi) is 7.75. The molecule has 0 aliphatic carbocycles. The second kappa shape index (κ2) is 10.0. The van der Waals surface area contributed by atoms with Gasteiger partial charge in [0.2, 0.25) is 0 Å². The van der Waals surface area contributed by atoms with Crippen LogP contribution in [0.3, 0.4) is 0 Å². The average molecular weight is 389 g/mol. The van der Waals surface area contributed by atoms with Gasteiger partial charge in [0.25, 0.3) is 0 Å². The second-order valence-electron chi connectivity index (χ2n) is 6.65. The quantitative estimate of drug-likeness (QED) is 0.451. The summed E-state index contributed by atoms with van der Waals surface area (Å²) in [6.45, 7) is 9.48. The Morgan fingerprint density at radius 2 is 1.96 bits per heavy atom. The Balaban J connectivity index is 2.06. The van der Waals surface area contributed by atoms with E-state index in [-0.39, 0.29) is 6.54 Å². The van der Waals surface area contributed by atoms with Crippen molar-refractivity contribution in [2.45, 2.75) is 39.8 Å². The third-order valence-electron chi connectivity index (χ3n) is 4.16. The van der Waals surface area contributed by atoms with Crippen molar-refractivity contribution in [1.29, 1.82) is 0 Å². The first-order valence-electron chi connectivity index (χ1n) is 9.50. The predicted octanol–water partition coefficient (Wildman–Crippen LogP) is 2.96. The third-order valence-corrected chi connectivity index (χ3v) is 4.16. The van der Waals surface area contributed by atoms with E-state index in [9.17, 15) is 5.11 Å². The molecule has 0 aliphatic rings. The maximum absolute atomic E-state index is 10.7. The van der Waals surface area contributed by atoms with E-state index >= 15 is 0 Å². The lowest BCUT2D eigenvalue weighted by Crippen LogP contribution is -2.44. The highest BCUT2D eigenvalue weighted by molar-refractivity contribution is 5.79. The first-order chi connectivity index (χ1) is 13.4. The molecule has 7 nitrogen and oxygen atoms in total. The van der Waals surface area contributed by atoms with Gasteiger partial charge in [-0.05, 0) is 57.5 Å². The summed E-state index contributed by atoms with van der Waals surface area (Å²) in [7, 11) is 1.62. The smallest absolute Gasteiger partial charge is 0.191 e. The molecule has 0 spiro atoms. The summed E-state index contributed by atoms with van der Waals surface area (Å²) in [4.78, 5) is 4.60. The molecule has 0 saturated heterocycles. The van der Waals surface area contributed by atoms with Gasteiger partial charge in [0.1, 0.15) is 17.1 Å². The third kappa shape index (κ3) is 5.92. The minimum absolute atomic E-state index is 0.262. The summed E-state index contributed by atoms with van der Waals surface area (Å²) in [5.74, 6) is 3.29. The normalized spacial score (nSPS) is 13.7. The summed E-state index contributed by atoms with van der Waals surface area (Å²) >= 11 is 0. The lowest BCUT2D eigenvalue weighted by molar-refractivity contribution is 0.0378. The SMILES string of the molecule is CCNC(=NCc1ccc(OC)c(OCC)c1)NCC(C)(O)c1ccc(C)o1. The Bertz CT molecular complexity index is 784. The van der Waals surface area contributed by atoms with Crippen LogP contribution in [0.15, 0.2) is 39.7 Å². The molecule has 1 atom stereocenters. The molecular weight excluding hydrogens is 358 g/mol. The van der Waals surface area contributed by atoms with Crippen molar-refractivity contribution in [1.82, 2.24) is 10.6 Å². The molecule has 3 N–H and O–H groups in total. The van der Waals surface area contributed by atoms with Gasteiger partial charge in [-0.2, -0.15) is 0 Å². The highest BCUT2D eigenvalue weighted by Gasteiger charge is 2.27. The zero-order chi connectivity index (χ0) is 20.6. The second-order valence-corrected chi connectivity index (χ2v) is 6.65. The van der Waals surface area contributed by atoms with Crippen LogP contribution in [0.1, 0.15) is 37.9 Å². The molecule has 2 rings (SSSR count). The van der Waals surface area contributed by atoms with Crippen LogP contribution in [0, 0.1) is 6.92 Å². The van der Waals surface area contributed by atoms with E-state index in [4.69, 9.17) is 13.9 Å². The molecule has 0 radical (unpaired) electrons. The Morgan fingerprint density at radius 1 is 1.18 bits per heavy atom. The van der Waals surface area contributed by atoms with E-state index in [0.717, 1.165) is 11.3 Å². The summed E-state index contributed by atoms with van der Waals surface area (Å²) in [6, 6.07) is 9.38. The molecular formula is C21H31N3O4. The number of rotatable bonds is 9. The summed E-state index contributed by atoms with van der Waals surface area (Å²) in [5.41, 5.74) is -0.151. The van der Waals surface area contributed by atoms with Crippen LogP contribution in [-0.2, 0) is 12.1 Å². The number of aliphatic hydroxyl groups is 1. The van der Waals surface area contributed by atoms with Gasteiger partial charge in [-0.25, -0.2) is 4.99 Å². The topological polar surface area (TPSA) is 88.3 Å². The Labute approximate surface area is 166 Å². The Hall–Kier alpha value is -2.67. The van der Waals surface area contributed by atoms with Gasteiger partial charge in [-0.1, -0.05) is 6.07 Å². The van der Waals surface area contributed by atoms with Gasteiger partial charge in [0.15, 0.2) is 17.5 Å². The van der Waals surface area contributed by atoms with Crippen LogP contribution in [-0.4, -0.2) is 37.9 Å². The van der Waals surface area contributed by atoms with E-state index < -0.39 is 5.60 Å². The van der Waals surface area contributed by atoms with Gasteiger partial charge in [-0.3, -0.25) is 0 Å². The van der Waals surface area contributed by atoms with Crippen LogP contribution < -0.4 is 20.1 Å². The average Bonchev–Trinajstić information content (AvgIpc) is 3.12. The molecule has 7 heteroatoms. The maximum Gasteiger partial charge on any atom is 0.191 e. The number of methoxy groups -OCH3 is 1. The van der Waals surface area contributed by atoms with Crippen LogP contribution in [0.2, 0.25) is 0 Å². The highest BCUT2D eigenvalue weighted by atomic mass is 16.5. The van der Waals surface area contributed by atoms with Crippen molar-refractivity contribution in [2.75, 3.05) is 26.8 Å². The van der Waals surface area contributed by atoms with Crippen molar-refractivity contribution >= 4 is 5.96 Å². The van der Waals surface area contributed by atoms with Crippen molar-refractivity contribution in [3.8, 4) is 11.5 Å². The number of guanidine groups is 1. The molecule has 1 aromatic carbocycles. The molecule has 0 aliphatic heterocycles. The van der Waals surface area contributed by atoms with Crippen LogP contribution >= 0.6 is 0 Å². The molecule has 1 aromatic heterocycles. The van der Waals surface area contributed by atoms with Crippen LogP contribution in [0.5, 0.6) is 11.5 Å². The maximum atomic E-state index is 10.7. The lowest BCUT2D eigenvalue weighted by atomic mass is 10.0. The standard InChI is InChI=1S/C21H31N3O4/c1-6-22-20(24-14-21(4,25)19-11-8-15(3)28-19)23-13-16-9-10-17(26-5)18(12-16)27-7-2/h8-12,25H,6-7,13-14H2,1-5H3,(H2,22,23,24). The molecule has 154 valence electrons. The van der Waals surface area contributed by atoms with Crippen molar-refractivity contribution in [3.05, 3.63) is 47.4 Å². The largest absolute Gasteiger partial charge is 0.493 e. The van der Waals surface area contributed by atoms with Gasteiger partial charge >= 0.3 is 0 Å². The number of hydrogen-bond acceptors (Lipinski definition) is 5. The zero-order valence-corrected chi connectivity index (χ0v) is 17.3. The molecule has 1 heterocycles. The lowest BCUT2D eigenvalue weighted by Gasteiger charge is -2.23. The Morgan fingerprint density at radius 3 is 2.57 bits per heavy atom. The van der Waals surface area contributed by atoms with Crippen molar-refractivity contribution < 1.29 is 19.0 Å². The molecule has 0 amide bonds. The number of hydrogen-bond donors (Lipinski definition) is 3. The van der Waals surface area contributed by atoms with Crippen LogP contribution in [0.4, 0.5) is 0 Å². The van der Waals surface area contributed by atoms with Gasteiger partial charge in [-0.15, -0.1) is 0 Å². The van der Waals surface area contributed by atoms with E-state index in [2.05, 4.69) is 15.6 Å². The number of ether oxygens (including phenoxy) is 2. The minimum Gasteiger partial charge on any atom is -0.493 e. The van der Waals surface area contributed by atoms with Crippen molar-refractivity contribution in [2.24, 2.45) is 4.99 Å². The number of nitrogens with zero attached hydrogens (tertiary/aromatic N) is 1. The van der Waals surface area contributed by atoms with Gasteiger partial charge in [0.05, 0.1) is 26.8 Å². The van der Waals surface area contributed by atoms with Gasteiger partial charge < -0.3 is 29.6 Å². The number of nitrogens with one attached hydrogen (secondary N) is 2. The summed E-state index contributed by atoms with van der Waals surface area (Å²) in [6.07, 6.45) is 0. The van der Waals surface area contributed by atoms with E-state index in [1.807, 2.05) is 45.0 Å². The number of furan rings is 1. The zero-order valence-electron chi connectivity index (χ0n) is 17.3. The summed E-state index contributed by atoms with van der Waals surface area (Å²) < 4.78 is 16.5. The fourth-order valence-corrected chi connectivity index (χ4v) is 2.67. The molecule has 28 heavy (non-hydrogen) atoms. The number of benzene rings is 1. The number of aryl methyl sites for hydroxylation is 1. The minimum atomic E-state index is -1.15. The van der Waals surface area contributed by atoms with E-state index in [1.165, 1.54) is 0 Å². The molecule has 0 bridgehead atoms. The summed E-state index contributed by atoms with van der Waals surface area (Å²) in [5, 5.41) is 17.0. The first-order valence-corrected chi connectivity index (χ1v) is 9.50. The van der Waals surface area contributed by atoms with Gasteiger partial charge in [0, 0.05) is 6.54 Å². The molecule has 0 fully saturated rings. The fraction of sp³-hybridized carbons (Fsp3) is 0.476. The fourth-order valence-electron chi connectivity index (χ4n) is 2.67. The van der Waals surface area contributed by atoms with Crippen LogP contribution in [0.25, 0.3) is 0 Å². The number of aliphatic imine (C=N–C) groups is 1. The molecule has 2 aromatic rings. The molecule has 0 saturated carbocycles. The van der Waals surface area contributed by atoms with Crippen molar-refractivity contribution in [3.63, 3.8) is 0 Å². The predicted molar refractivity (Wildman–Crippen MR) is 110 cm³/mol. The monoisotopic (exact) mass is 389 g/mol. The van der Waals surface area contributed by atoms with E-state index in [0.29, 0.717) is 42.9 Å². The molecule has 1 unspecified atom stereocenters. The first kappa shape index (κ1) is 21.6. The highest BCUT2D eigenvalue weighted by Crippen LogP contribution is 2.28.